The molecular weight excluding hydrogens is 727 g/mol. The third-order valence-corrected chi connectivity index (χ3v) is 11.5. The van der Waals surface area contributed by atoms with Gasteiger partial charge in [-0.25, -0.2) is 15.0 Å². The Morgan fingerprint density at radius 2 is 0.966 bits per heavy atom. The number of hydrogen-bond acceptors (Lipinski definition) is 6. The van der Waals surface area contributed by atoms with Crippen LogP contribution < -0.4 is 0 Å². The van der Waals surface area contributed by atoms with Gasteiger partial charge in [-0.3, -0.25) is 0 Å². The van der Waals surface area contributed by atoms with E-state index in [0.29, 0.717) is 17.5 Å². The number of nitrogens with zero attached hydrogens (tertiary/aromatic N) is 3. The van der Waals surface area contributed by atoms with E-state index in [0.717, 1.165) is 110 Å². The average Bonchev–Trinajstić information content (AvgIpc) is 3.98. The van der Waals surface area contributed by atoms with Gasteiger partial charge < -0.3 is 13.3 Å². The molecule has 0 radical (unpaired) electrons. The van der Waals surface area contributed by atoms with E-state index in [2.05, 4.69) is 115 Å². The molecule has 0 spiro atoms. The molecule has 9 aromatic carbocycles. The quantitative estimate of drug-likeness (QED) is 0.178. The number of furan rings is 3. The lowest BCUT2D eigenvalue weighted by molar-refractivity contribution is 0.668. The molecule has 0 N–H and O–H groups in total. The van der Waals surface area contributed by atoms with Crippen LogP contribution in [0.5, 0.6) is 0 Å². The zero-order valence-electron chi connectivity index (χ0n) is 31.2. The molecule has 0 unspecified atom stereocenters. The number of hydrogen-bond donors (Lipinski definition) is 0. The number of aromatic nitrogens is 3. The SMILES string of the molecule is c1ccc2oc3cc(-c4nc(-c5ccc6ccccc6c5)nc(-c5cccc6oc7ccc(-c8cccc9oc%10cc%11ccccc%11cc%10c89)cc7c56)n4)ccc3c2c#1. The summed E-state index contributed by atoms with van der Waals surface area (Å²) in [6.45, 7) is 0. The van der Waals surface area contributed by atoms with Gasteiger partial charge in [-0.15, -0.1) is 0 Å². The fourth-order valence-electron chi connectivity index (χ4n) is 8.75. The molecule has 59 heavy (non-hydrogen) atoms. The van der Waals surface area contributed by atoms with E-state index < -0.39 is 0 Å². The molecule has 0 saturated heterocycles. The van der Waals surface area contributed by atoms with Crippen molar-refractivity contribution in [3.05, 3.63) is 176 Å². The summed E-state index contributed by atoms with van der Waals surface area (Å²) in [6.07, 6.45) is 0. The lowest BCUT2D eigenvalue weighted by Crippen LogP contribution is -2.00. The molecule has 4 aromatic heterocycles. The van der Waals surface area contributed by atoms with Gasteiger partial charge in [0, 0.05) is 43.6 Å². The van der Waals surface area contributed by atoms with Gasteiger partial charge in [0.2, 0.25) is 0 Å². The zero-order valence-corrected chi connectivity index (χ0v) is 31.2. The number of rotatable bonds is 4. The van der Waals surface area contributed by atoms with E-state index in [1.807, 2.05) is 60.7 Å². The summed E-state index contributed by atoms with van der Waals surface area (Å²) in [6, 6.07) is 62.2. The number of fused-ring (bicyclic) bond motifs is 11. The molecule has 0 fully saturated rings. The van der Waals surface area contributed by atoms with Crippen LogP contribution in [0.3, 0.4) is 0 Å². The molecule has 6 heteroatoms. The van der Waals surface area contributed by atoms with E-state index in [9.17, 15) is 0 Å². The second-order valence-electron chi connectivity index (χ2n) is 15.0. The van der Waals surface area contributed by atoms with Crippen LogP contribution in [-0.2, 0) is 0 Å². The predicted molar refractivity (Wildman–Crippen MR) is 236 cm³/mol. The molecule has 6 nitrogen and oxygen atoms in total. The Kier molecular flexibility index (Phi) is 6.55. The van der Waals surface area contributed by atoms with E-state index in [-0.39, 0.29) is 0 Å². The first-order valence-corrected chi connectivity index (χ1v) is 19.5. The third-order valence-electron chi connectivity index (χ3n) is 11.5. The van der Waals surface area contributed by atoms with Gasteiger partial charge in [0.05, 0.1) is 5.39 Å². The van der Waals surface area contributed by atoms with Gasteiger partial charge in [-0.1, -0.05) is 109 Å². The standard InChI is InChI=1S/C53H27N3O3/c1-2-10-31-25-35(20-19-30(31)9-1)51-54-52(36-21-23-39-38-13-5-6-16-43(38)58-47(39)29-36)56-53(55-51)40-15-8-18-46-50(40)41-27-34(22-24-44(41)57-46)37-14-7-17-45-49(37)42-26-32-11-3-4-12-33(32)28-48(42)59-45/h1-4,6-12,14-29H. The van der Waals surface area contributed by atoms with Crippen molar-refractivity contribution < 1.29 is 13.3 Å². The van der Waals surface area contributed by atoms with E-state index in [4.69, 9.17) is 28.2 Å². The Labute approximate surface area is 335 Å². The van der Waals surface area contributed by atoms with Gasteiger partial charge >= 0.3 is 0 Å². The topological polar surface area (TPSA) is 78.1 Å². The largest absolute Gasteiger partial charge is 0.456 e. The maximum atomic E-state index is 6.54. The Morgan fingerprint density at radius 3 is 1.80 bits per heavy atom. The van der Waals surface area contributed by atoms with E-state index in [1.54, 1.807) is 0 Å². The summed E-state index contributed by atoms with van der Waals surface area (Å²) in [5, 5.41) is 10.5. The fourth-order valence-corrected chi connectivity index (χ4v) is 8.75. The van der Waals surface area contributed by atoms with Crippen LogP contribution in [0.2, 0.25) is 0 Å². The summed E-state index contributed by atoms with van der Waals surface area (Å²) in [4.78, 5) is 15.5. The molecule has 0 aliphatic heterocycles. The van der Waals surface area contributed by atoms with Gasteiger partial charge in [-0.05, 0) is 99.4 Å². The summed E-state index contributed by atoms with van der Waals surface area (Å²) < 4.78 is 19.3. The summed E-state index contributed by atoms with van der Waals surface area (Å²) in [5.74, 6) is 1.65. The lowest BCUT2D eigenvalue weighted by Gasteiger charge is -2.10. The normalized spacial score (nSPS) is 11.9. The van der Waals surface area contributed by atoms with Crippen molar-refractivity contribution in [1.29, 1.82) is 0 Å². The highest BCUT2D eigenvalue weighted by molar-refractivity contribution is 6.17. The predicted octanol–water partition coefficient (Wildman–Crippen LogP) is 14.1. The Hall–Kier alpha value is -8.27. The maximum Gasteiger partial charge on any atom is 0.164 e. The van der Waals surface area contributed by atoms with Crippen LogP contribution in [0.25, 0.3) is 133 Å². The first-order valence-electron chi connectivity index (χ1n) is 19.5. The van der Waals surface area contributed by atoms with Crippen molar-refractivity contribution in [2.24, 2.45) is 0 Å². The highest BCUT2D eigenvalue weighted by Crippen LogP contribution is 2.42. The molecule has 0 bridgehead atoms. The van der Waals surface area contributed by atoms with Gasteiger partial charge in [0.15, 0.2) is 17.5 Å². The molecule has 4 heterocycles. The monoisotopic (exact) mass is 753 g/mol. The number of benzene rings is 8. The molecule has 13 rings (SSSR count). The van der Waals surface area contributed by atoms with Crippen molar-refractivity contribution >= 4 is 87.4 Å². The van der Waals surface area contributed by atoms with Crippen LogP contribution in [0.15, 0.2) is 177 Å². The smallest absolute Gasteiger partial charge is 0.164 e. The van der Waals surface area contributed by atoms with Crippen molar-refractivity contribution in [3.8, 4) is 45.3 Å². The highest BCUT2D eigenvalue weighted by atomic mass is 16.3. The first-order chi connectivity index (χ1) is 29.2. The van der Waals surface area contributed by atoms with Crippen molar-refractivity contribution in [3.63, 3.8) is 0 Å². The van der Waals surface area contributed by atoms with Crippen LogP contribution in [0.4, 0.5) is 0 Å². The Bertz CT molecular complexity index is 3870. The minimum Gasteiger partial charge on any atom is -0.456 e. The average molecular weight is 754 g/mol. The molecule has 0 amide bonds. The summed E-state index contributed by atoms with van der Waals surface area (Å²) in [7, 11) is 0. The van der Waals surface area contributed by atoms with Crippen molar-refractivity contribution in [1.82, 2.24) is 15.0 Å². The molecule has 13 aromatic rings. The minimum absolute atomic E-state index is 0.535. The second-order valence-corrected chi connectivity index (χ2v) is 15.0. The molecule has 0 aliphatic carbocycles. The second kappa shape index (κ2) is 12.1. The Morgan fingerprint density at radius 1 is 0.356 bits per heavy atom. The maximum absolute atomic E-state index is 6.54. The van der Waals surface area contributed by atoms with E-state index >= 15 is 0 Å². The Balaban J connectivity index is 1.03. The molecular formula is C53H27N3O3. The van der Waals surface area contributed by atoms with E-state index in [1.165, 1.54) is 5.39 Å². The van der Waals surface area contributed by atoms with Crippen LogP contribution in [-0.4, -0.2) is 15.0 Å². The first kappa shape index (κ1) is 31.9. The fraction of sp³-hybridized carbons (Fsp3) is 0. The molecule has 272 valence electrons. The molecule has 0 saturated carbocycles. The molecule has 0 atom stereocenters. The van der Waals surface area contributed by atoms with Gasteiger partial charge in [-0.2, -0.15) is 0 Å². The third kappa shape index (κ3) is 4.92. The highest BCUT2D eigenvalue weighted by Gasteiger charge is 2.21. The van der Waals surface area contributed by atoms with Gasteiger partial charge in [0.25, 0.3) is 0 Å². The van der Waals surface area contributed by atoms with Crippen LogP contribution >= 0.6 is 0 Å². The zero-order chi connectivity index (χ0) is 38.6. The minimum atomic E-state index is 0.535. The summed E-state index contributed by atoms with van der Waals surface area (Å²) in [5.41, 5.74) is 9.42. The van der Waals surface area contributed by atoms with Crippen LogP contribution in [0.1, 0.15) is 0 Å². The summed E-state index contributed by atoms with van der Waals surface area (Å²) >= 11 is 0. The van der Waals surface area contributed by atoms with Gasteiger partial charge in [0.1, 0.15) is 33.5 Å². The van der Waals surface area contributed by atoms with Crippen molar-refractivity contribution in [2.45, 2.75) is 0 Å². The lowest BCUT2D eigenvalue weighted by atomic mass is 9.96. The van der Waals surface area contributed by atoms with Crippen LogP contribution in [0, 0.1) is 12.1 Å². The van der Waals surface area contributed by atoms with Crippen molar-refractivity contribution in [2.75, 3.05) is 0 Å². The molecule has 0 aliphatic rings.